The molecule has 1 atom stereocenters. The van der Waals surface area contributed by atoms with Gasteiger partial charge >= 0.3 is 0 Å². The van der Waals surface area contributed by atoms with Gasteiger partial charge in [0.25, 0.3) is 0 Å². The van der Waals surface area contributed by atoms with Crippen LogP contribution in [0.15, 0.2) is 43.0 Å². The van der Waals surface area contributed by atoms with Crippen LogP contribution in [0.4, 0.5) is 11.6 Å². The lowest BCUT2D eigenvalue weighted by atomic mass is 10.0. The molecule has 5 rings (SSSR count). The molecule has 160 valence electrons. The molecule has 1 aliphatic rings. The number of anilines is 2. The summed E-state index contributed by atoms with van der Waals surface area (Å²) in [5.41, 5.74) is 3.83. The van der Waals surface area contributed by atoms with E-state index in [1.165, 1.54) is 6.42 Å². The number of nitrogens with zero attached hydrogens (tertiary/aromatic N) is 7. The van der Waals surface area contributed by atoms with E-state index < -0.39 is 0 Å². The third-order valence-electron chi connectivity index (χ3n) is 5.78. The number of likely N-dealkylation sites (N-methyl/N-ethyl adjacent to an activating group) is 1. The molecule has 4 aromatic rings. The van der Waals surface area contributed by atoms with Crippen LogP contribution in [-0.2, 0) is 7.05 Å². The predicted molar refractivity (Wildman–Crippen MR) is 119 cm³/mol. The lowest BCUT2D eigenvalue weighted by Gasteiger charge is -2.39. The highest BCUT2D eigenvalue weighted by Gasteiger charge is 2.27. The highest BCUT2D eigenvalue weighted by atomic mass is 16.5. The Bertz CT molecular complexity index is 1190. The molecular formula is C22H26N8O. The minimum Gasteiger partial charge on any atom is -0.488 e. The average Bonchev–Trinajstić information content (AvgIpc) is 3.31. The Labute approximate surface area is 180 Å². The molecule has 0 spiro atoms. The number of aromatic nitrogens is 6. The minimum absolute atomic E-state index is 0.494. The number of hydrogen-bond donors (Lipinski definition) is 1. The number of pyridine rings is 1. The van der Waals surface area contributed by atoms with E-state index in [1.54, 1.807) is 18.6 Å². The second kappa shape index (κ2) is 7.99. The van der Waals surface area contributed by atoms with Crippen LogP contribution in [-0.4, -0.2) is 60.0 Å². The highest BCUT2D eigenvalue weighted by Crippen LogP contribution is 2.31. The zero-order valence-corrected chi connectivity index (χ0v) is 18.0. The van der Waals surface area contributed by atoms with Crippen LogP contribution < -0.4 is 10.1 Å². The zero-order valence-electron chi connectivity index (χ0n) is 18.0. The van der Waals surface area contributed by atoms with E-state index in [0.717, 1.165) is 41.3 Å². The fraction of sp³-hybridized carbons (Fsp3) is 0.364. The SMILES string of the molecule is CCN1CCC1COc1cnn(C)c1-c1ccn2nc(Nc3cnc(C)cn3)cc2c1. The van der Waals surface area contributed by atoms with E-state index in [-0.39, 0.29) is 0 Å². The monoisotopic (exact) mass is 418 g/mol. The average molecular weight is 419 g/mol. The molecule has 0 aromatic carbocycles. The van der Waals surface area contributed by atoms with Gasteiger partial charge in [-0.25, -0.2) is 9.50 Å². The van der Waals surface area contributed by atoms with Gasteiger partial charge < -0.3 is 10.1 Å². The molecule has 1 fully saturated rings. The quantitative estimate of drug-likeness (QED) is 0.494. The Kier molecular flexibility index (Phi) is 5.03. The molecule has 1 N–H and O–H groups in total. The first-order valence-corrected chi connectivity index (χ1v) is 10.5. The van der Waals surface area contributed by atoms with Crippen molar-refractivity contribution in [1.29, 1.82) is 0 Å². The van der Waals surface area contributed by atoms with Gasteiger partial charge in [0, 0.05) is 37.5 Å². The Morgan fingerprint density at radius 2 is 2.06 bits per heavy atom. The summed E-state index contributed by atoms with van der Waals surface area (Å²) < 4.78 is 9.87. The minimum atomic E-state index is 0.494. The van der Waals surface area contributed by atoms with Crippen molar-refractivity contribution in [3.05, 3.63) is 48.7 Å². The van der Waals surface area contributed by atoms with Crippen LogP contribution in [0.3, 0.4) is 0 Å². The lowest BCUT2D eigenvalue weighted by Crippen LogP contribution is -2.50. The number of fused-ring (bicyclic) bond motifs is 1. The van der Waals surface area contributed by atoms with Crippen molar-refractivity contribution in [2.45, 2.75) is 26.3 Å². The Morgan fingerprint density at radius 1 is 1.16 bits per heavy atom. The van der Waals surface area contributed by atoms with Crippen molar-refractivity contribution in [2.75, 3.05) is 25.0 Å². The maximum atomic E-state index is 6.18. The van der Waals surface area contributed by atoms with E-state index in [4.69, 9.17) is 4.74 Å². The van der Waals surface area contributed by atoms with Gasteiger partial charge in [0.1, 0.15) is 18.1 Å². The summed E-state index contributed by atoms with van der Waals surface area (Å²) >= 11 is 0. The largest absolute Gasteiger partial charge is 0.488 e. The van der Waals surface area contributed by atoms with Gasteiger partial charge in [0.2, 0.25) is 0 Å². The second-order valence-corrected chi connectivity index (χ2v) is 7.85. The molecule has 0 amide bonds. The Morgan fingerprint density at radius 3 is 2.81 bits per heavy atom. The summed E-state index contributed by atoms with van der Waals surface area (Å²) in [5.74, 6) is 2.18. The molecule has 1 aliphatic heterocycles. The molecule has 9 heteroatoms. The van der Waals surface area contributed by atoms with Crippen LogP contribution in [0, 0.1) is 6.92 Å². The van der Waals surface area contributed by atoms with Crippen LogP contribution in [0.5, 0.6) is 5.75 Å². The topological polar surface area (TPSA) is 85.4 Å². The number of likely N-dealkylation sites (tertiary alicyclic amines) is 1. The number of hydrogen-bond acceptors (Lipinski definition) is 7. The fourth-order valence-electron chi connectivity index (χ4n) is 3.93. The summed E-state index contributed by atoms with van der Waals surface area (Å²) in [4.78, 5) is 11.0. The first-order valence-electron chi connectivity index (χ1n) is 10.5. The summed E-state index contributed by atoms with van der Waals surface area (Å²) in [6, 6.07) is 6.59. The van der Waals surface area contributed by atoms with E-state index in [1.807, 2.05) is 41.5 Å². The molecule has 0 saturated carbocycles. The molecule has 0 radical (unpaired) electrons. The van der Waals surface area contributed by atoms with Gasteiger partial charge in [0.05, 0.1) is 29.8 Å². The molecule has 4 aromatic heterocycles. The van der Waals surface area contributed by atoms with Gasteiger partial charge in [-0.05, 0) is 32.0 Å². The van der Waals surface area contributed by atoms with Gasteiger partial charge in [-0.3, -0.25) is 14.6 Å². The van der Waals surface area contributed by atoms with E-state index in [9.17, 15) is 0 Å². The second-order valence-electron chi connectivity index (χ2n) is 7.85. The van der Waals surface area contributed by atoms with Gasteiger partial charge in [-0.2, -0.15) is 10.2 Å². The summed E-state index contributed by atoms with van der Waals surface area (Å²) in [6.45, 7) is 7.01. The molecule has 5 heterocycles. The molecule has 0 bridgehead atoms. The van der Waals surface area contributed by atoms with Crippen LogP contribution in [0.2, 0.25) is 0 Å². The fourth-order valence-corrected chi connectivity index (χ4v) is 3.93. The summed E-state index contributed by atoms with van der Waals surface area (Å²) in [6.07, 6.45) is 8.35. The number of aryl methyl sites for hydroxylation is 2. The van der Waals surface area contributed by atoms with Crippen LogP contribution in [0.1, 0.15) is 19.0 Å². The van der Waals surface area contributed by atoms with Gasteiger partial charge in [-0.1, -0.05) is 6.92 Å². The van der Waals surface area contributed by atoms with Crippen molar-refractivity contribution in [3.63, 3.8) is 0 Å². The first-order chi connectivity index (χ1) is 15.1. The van der Waals surface area contributed by atoms with Crippen molar-refractivity contribution in [1.82, 2.24) is 34.3 Å². The van der Waals surface area contributed by atoms with Crippen molar-refractivity contribution in [2.24, 2.45) is 7.05 Å². The van der Waals surface area contributed by atoms with E-state index >= 15 is 0 Å². The zero-order chi connectivity index (χ0) is 21.4. The van der Waals surface area contributed by atoms with Crippen LogP contribution in [0.25, 0.3) is 16.8 Å². The molecule has 0 aliphatic carbocycles. The first kappa shape index (κ1) is 19.5. The smallest absolute Gasteiger partial charge is 0.165 e. The van der Waals surface area contributed by atoms with Crippen LogP contribution >= 0.6 is 0 Å². The summed E-state index contributed by atoms with van der Waals surface area (Å²) in [5, 5.41) is 12.2. The van der Waals surface area contributed by atoms with Gasteiger partial charge in [-0.15, -0.1) is 0 Å². The van der Waals surface area contributed by atoms with Crippen molar-refractivity contribution in [3.8, 4) is 17.0 Å². The molecule has 1 unspecified atom stereocenters. The normalized spacial score (nSPS) is 16.4. The third-order valence-corrected chi connectivity index (χ3v) is 5.78. The molecule has 1 saturated heterocycles. The number of nitrogens with one attached hydrogen (secondary N) is 1. The maximum Gasteiger partial charge on any atom is 0.165 e. The molecule has 9 nitrogen and oxygen atoms in total. The highest BCUT2D eigenvalue weighted by molar-refractivity contribution is 5.72. The number of rotatable bonds is 7. The predicted octanol–water partition coefficient (Wildman–Crippen LogP) is 3.05. The maximum absolute atomic E-state index is 6.18. The standard InChI is InChI=1S/C22H26N8O/c1-4-29-7-6-17(29)14-31-19-12-25-28(3)22(19)16-5-8-30-18(9-16)10-20(27-30)26-21-13-23-15(2)11-24-21/h5,8-13,17H,4,6-7,14H2,1-3H3,(H,24,26,27). The Balaban J connectivity index is 1.38. The van der Waals surface area contributed by atoms with Crippen molar-refractivity contribution < 1.29 is 4.74 Å². The molecular weight excluding hydrogens is 392 g/mol. The molecule has 31 heavy (non-hydrogen) atoms. The number of ether oxygens (including phenoxy) is 1. The lowest BCUT2D eigenvalue weighted by molar-refractivity contribution is 0.0563. The van der Waals surface area contributed by atoms with E-state index in [2.05, 4.69) is 43.4 Å². The Hall–Kier alpha value is -3.46. The van der Waals surface area contributed by atoms with E-state index in [0.29, 0.717) is 24.3 Å². The third kappa shape index (κ3) is 3.84. The van der Waals surface area contributed by atoms with Gasteiger partial charge in [0.15, 0.2) is 11.6 Å². The van der Waals surface area contributed by atoms with Crippen molar-refractivity contribution >= 4 is 17.2 Å². The summed E-state index contributed by atoms with van der Waals surface area (Å²) in [7, 11) is 1.94.